The first-order chi connectivity index (χ1) is 11.3. The molecule has 1 fully saturated rings. The van der Waals surface area contributed by atoms with Crippen LogP contribution in [0.2, 0.25) is 0 Å². The van der Waals surface area contributed by atoms with Gasteiger partial charge in [-0.05, 0) is 51.2 Å². The Morgan fingerprint density at radius 1 is 1.25 bits per heavy atom. The molecule has 1 saturated carbocycles. The average Bonchev–Trinajstić information content (AvgIpc) is 2.50. The number of carbonyl (C=O) groups is 1. The van der Waals surface area contributed by atoms with Crippen molar-refractivity contribution in [2.45, 2.75) is 62.7 Å². The van der Waals surface area contributed by atoms with Gasteiger partial charge < -0.3 is 15.2 Å². The van der Waals surface area contributed by atoms with Gasteiger partial charge in [-0.15, -0.1) is 0 Å². The van der Waals surface area contributed by atoms with E-state index in [2.05, 4.69) is 10.0 Å². The molecule has 1 atom stereocenters. The van der Waals surface area contributed by atoms with Crippen LogP contribution in [0.1, 0.15) is 38.2 Å². The van der Waals surface area contributed by atoms with Gasteiger partial charge in [0.2, 0.25) is 10.0 Å². The van der Waals surface area contributed by atoms with E-state index in [0.29, 0.717) is 42.7 Å². The first kappa shape index (κ1) is 17.2. The maximum absolute atomic E-state index is 12.7. The van der Waals surface area contributed by atoms with Gasteiger partial charge in [-0.25, -0.2) is 13.1 Å². The Hall–Kier alpha value is -1.64. The van der Waals surface area contributed by atoms with E-state index in [0.717, 1.165) is 0 Å². The van der Waals surface area contributed by atoms with Crippen molar-refractivity contribution in [3.63, 3.8) is 0 Å². The van der Waals surface area contributed by atoms with Crippen molar-refractivity contribution in [3.05, 3.63) is 17.7 Å². The van der Waals surface area contributed by atoms with E-state index in [9.17, 15) is 18.3 Å². The first-order valence-corrected chi connectivity index (χ1v) is 9.57. The molecule has 8 heteroatoms. The van der Waals surface area contributed by atoms with Crippen molar-refractivity contribution in [2.24, 2.45) is 0 Å². The van der Waals surface area contributed by atoms with Gasteiger partial charge in [0.1, 0.15) is 5.75 Å². The summed E-state index contributed by atoms with van der Waals surface area (Å²) in [6.07, 6.45) is 1.44. The van der Waals surface area contributed by atoms with Crippen LogP contribution in [0, 0.1) is 6.92 Å². The Kier molecular flexibility index (Phi) is 4.54. The van der Waals surface area contributed by atoms with E-state index >= 15 is 0 Å². The molecule has 0 radical (unpaired) electrons. The molecule has 0 saturated heterocycles. The standard InChI is InChI=1S/C16H22N2O5S/c1-9-7-13-14(23-10(2)16(20)17-13)8-15(9)24(21,22)18-11-3-5-12(19)6-4-11/h7-8,10-12,18-19H,3-6H2,1-2H3,(H,17,20). The molecule has 2 aliphatic rings. The number of rotatable bonds is 3. The first-order valence-electron chi connectivity index (χ1n) is 8.09. The highest BCUT2D eigenvalue weighted by atomic mass is 32.2. The molecule has 0 spiro atoms. The summed E-state index contributed by atoms with van der Waals surface area (Å²) in [4.78, 5) is 11.8. The largest absolute Gasteiger partial charge is 0.479 e. The number of carbonyl (C=O) groups excluding carboxylic acids is 1. The van der Waals surface area contributed by atoms with Crippen molar-refractivity contribution in [1.29, 1.82) is 0 Å². The number of fused-ring (bicyclic) bond motifs is 1. The highest BCUT2D eigenvalue weighted by molar-refractivity contribution is 7.89. The number of benzene rings is 1. The minimum atomic E-state index is -3.70. The molecule has 0 bridgehead atoms. The van der Waals surface area contributed by atoms with Gasteiger partial charge in [0.25, 0.3) is 5.91 Å². The lowest BCUT2D eigenvalue weighted by Gasteiger charge is -2.27. The Morgan fingerprint density at radius 2 is 1.92 bits per heavy atom. The smallest absolute Gasteiger partial charge is 0.265 e. The lowest BCUT2D eigenvalue weighted by Crippen LogP contribution is -2.39. The summed E-state index contributed by atoms with van der Waals surface area (Å²) in [5, 5.41) is 12.2. The normalized spacial score (nSPS) is 27.1. The molecule has 1 amide bonds. The summed E-state index contributed by atoms with van der Waals surface area (Å²) >= 11 is 0. The summed E-state index contributed by atoms with van der Waals surface area (Å²) in [6, 6.07) is 2.90. The summed E-state index contributed by atoms with van der Waals surface area (Å²) < 4.78 is 33.7. The molecular formula is C16H22N2O5S. The summed E-state index contributed by atoms with van der Waals surface area (Å²) in [7, 11) is -3.70. The zero-order valence-corrected chi connectivity index (χ0v) is 14.5. The Labute approximate surface area is 141 Å². The van der Waals surface area contributed by atoms with Gasteiger partial charge in [-0.2, -0.15) is 0 Å². The molecule has 132 valence electrons. The molecule has 1 heterocycles. The third kappa shape index (κ3) is 3.40. The molecule has 7 nitrogen and oxygen atoms in total. The Bertz CT molecular complexity index is 754. The molecule has 1 aliphatic carbocycles. The van der Waals surface area contributed by atoms with Gasteiger partial charge in [-0.1, -0.05) is 0 Å². The van der Waals surface area contributed by atoms with E-state index in [1.54, 1.807) is 19.9 Å². The Balaban J connectivity index is 1.85. The van der Waals surface area contributed by atoms with Crippen LogP contribution in [0.5, 0.6) is 5.75 Å². The van der Waals surface area contributed by atoms with Crippen molar-refractivity contribution < 1.29 is 23.1 Å². The number of hydrogen-bond donors (Lipinski definition) is 3. The second kappa shape index (κ2) is 6.34. The summed E-state index contributed by atoms with van der Waals surface area (Å²) in [5.41, 5.74) is 1.02. The topological polar surface area (TPSA) is 105 Å². The van der Waals surface area contributed by atoms with Crippen LogP contribution in [0.25, 0.3) is 0 Å². The highest BCUT2D eigenvalue weighted by Gasteiger charge is 2.29. The number of amides is 1. The number of anilines is 1. The van der Waals surface area contributed by atoms with Gasteiger partial charge in [0, 0.05) is 12.1 Å². The number of aryl methyl sites for hydroxylation is 1. The van der Waals surface area contributed by atoms with Crippen LogP contribution in [0.15, 0.2) is 17.0 Å². The number of sulfonamides is 1. The number of aliphatic hydroxyl groups is 1. The van der Waals surface area contributed by atoms with Crippen molar-refractivity contribution in [2.75, 3.05) is 5.32 Å². The second-order valence-electron chi connectivity index (χ2n) is 6.49. The summed E-state index contributed by atoms with van der Waals surface area (Å²) in [5.74, 6) is 0.100. The van der Waals surface area contributed by atoms with Gasteiger partial charge >= 0.3 is 0 Å². The molecule has 24 heavy (non-hydrogen) atoms. The van der Waals surface area contributed by atoms with E-state index in [-0.39, 0.29) is 22.9 Å². The van der Waals surface area contributed by atoms with E-state index < -0.39 is 16.1 Å². The molecule has 1 unspecified atom stereocenters. The molecule has 1 aliphatic heterocycles. The Morgan fingerprint density at radius 3 is 2.58 bits per heavy atom. The lowest BCUT2D eigenvalue weighted by atomic mass is 9.94. The van der Waals surface area contributed by atoms with Crippen LogP contribution in [0.3, 0.4) is 0 Å². The highest BCUT2D eigenvalue weighted by Crippen LogP contribution is 2.34. The number of aliphatic hydroxyl groups excluding tert-OH is 1. The molecule has 3 rings (SSSR count). The molecule has 0 aromatic heterocycles. The number of ether oxygens (including phenoxy) is 1. The SMILES string of the molecule is Cc1cc2c(cc1S(=O)(=O)NC1CCC(O)CC1)OC(C)C(=O)N2. The quantitative estimate of drug-likeness (QED) is 0.759. The predicted octanol–water partition coefficient (Wildman–Crippen LogP) is 1.30. The molecular weight excluding hydrogens is 332 g/mol. The number of nitrogens with one attached hydrogen (secondary N) is 2. The third-order valence-corrected chi connectivity index (χ3v) is 6.18. The fourth-order valence-electron chi connectivity index (χ4n) is 3.11. The zero-order valence-electron chi connectivity index (χ0n) is 13.7. The minimum Gasteiger partial charge on any atom is -0.479 e. The van der Waals surface area contributed by atoms with Crippen LogP contribution in [0.4, 0.5) is 5.69 Å². The summed E-state index contributed by atoms with van der Waals surface area (Å²) in [6.45, 7) is 3.29. The molecule has 1 aromatic rings. The van der Waals surface area contributed by atoms with Gasteiger partial charge in [-0.3, -0.25) is 4.79 Å². The van der Waals surface area contributed by atoms with Crippen molar-refractivity contribution in [1.82, 2.24) is 4.72 Å². The maximum Gasteiger partial charge on any atom is 0.265 e. The fourth-order valence-corrected chi connectivity index (χ4v) is 4.66. The van der Waals surface area contributed by atoms with Crippen LogP contribution in [-0.2, 0) is 14.8 Å². The fraction of sp³-hybridized carbons (Fsp3) is 0.562. The van der Waals surface area contributed by atoms with Gasteiger partial charge in [0.05, 0.1) is 16.7 Å². The van der Waals surface area contributed by atoms with Gasteiger partial charge in [0.15, 0.2) is 6.10 Å². The average molecular weight is 354 g/mol. The second-order valence-corrected chi connectivity index (χ2v) is 8.17. The minimum absolute atomic E-state index is 0.149. The van der Waals surface area contributed by atoms with Crippen molar-refractivity contribution in [3.8, 4) is 5.75 Å². The van der Waals surface area contributed by atoms with Crippen LogP contribution in [-0.4, -0.2) is 37.7 Å². The van der Waals surface area contributed by atoms with E-state index in [1.807, 2.05) is 0 Å². The lowest BCUT2D eigenvalue weighted by molar-refractivity contribution is -0.122. The molecule has 3 N–H and O–H groups in total. The number of hydrogen-bond acceptors (Lipinski definition) is 5. The zero-order chi connectivity index (χ0) is 17.5. The maximum atomic E-state index is 12.7. The van der Waals surface area contributed by atoms with Crippen molar-refractivity contribution >= 4 is 21.6 Å². The monoisotopic (exact) mass is 354 g/mol. The van der Waals surface area contributed by atoms with Crippen LogP contribution >= 0.6 is 0 Å². The van der Waals surface area contributed by atoms with Crippen LogP contribution < -0.4 is 14.8 Å². The third-order valence-electron chi connectivity index (χ3n) is 4.52. The molecule has 1 aromatic carbocycles. The van der Waals surface area contributed by atoms with E-state index in [1.165, 1.54) is 6.07 Å². The van der Waals surface area contributed by atoms with E-state index in [4.69, 9.17) is 4.74 Å². The predicted molar refractivity (Wildman–Crippen MR) is 88.5 cm³/mol.